The topological polar surface area (TPSA) is 34.4 Å². The number of nitrogens with one attached hydrogen (secondary N) is 1. The molecule has 0 saturated carbocycles. The zero-order chi connectivity index (χ0) is 12.3. The molecule has 0 amide bonds. The van der Waals surface area contributed by atoms with Crippen molar-refractivity contribution >= 4 is 11.0 Å². The predicted octanol–water partition coefficient (Wildman–Crippen LogP) is 3.11. The van der Waals surface area contributed by atoms with E-state index < -0.39 is 0 Å². The summed E-state index contributed by atoms with van der Waals surface area (Å²) in [6, 6.07) is 5.97. The molecule has 3 nitrogen and oxygen atoms in total. The minimum atomic E-state index is 0.770. The van der Waals surface area contributed by atoms with Gasteiger partial charge in [-0.2, -0.15) is 0 Å². The third-order valence-electron chi connectivity index (χ3n) is 2.92. The van der Waals surface area contributed by atoms with E-state index in [1.54, 1.807) is 7.11 Å². The monoisotopic (exact) mass is 233 g/mol. The van der Waals surface area contributed by atoms with Crippen molar-refractivity contribution in [3.05, 3.63) is 29.5 Å². The van der Waals surface area contributed by atoms with Gasteiger partial charge in [0.2, 0.25) is 0 Å². The van der Waals surface area contributed by atoms with E-state index in [1.807, 2.05) is 19.2 Å². The van der Waals surface area contributed by atoms with E-state index in [9.17, 15) is 0 Å². The molecule has 17 heavy (non-hydrogen) atoms. The Balaban J connectivity index is 2.55. The van der Waals surface area contributed by atoms with Crippen LogP contribution in [0.2, 0.25) is 0 Å². The van der Waals surface area contributed by atoms with Gasteiger partial charge in [-0.05, 0) is 31.7 Å². The summed E-state index contributed by atoms with van der Waals surface area (Å²) < 4.78 is 11.1. The molecule has 3 heteroatoms. The van der Waals surface area contributed by atoms with Crippen LogP contribution in [0, 0.1) is 0 Å². The number of hydrogen-bond donors (Lipinski definition) is 1. The first-order valence-corrected chi connectivity index (χ1v) is 6.03. The number of aryl methyl sites for hydroxylation is 1. The fraction of sp³-hybridized carbons (Fsp3) is 0.429. The van der Waals surface area contributed by atoms with Gasteiger partial charge in [0.15, 0.2) is 0 Å². The van der Waals surface area contributed by atoms with Crippen molar-refractivity contribution < 1.29 is 9.15 Å². The van der Waals surface area contributed by atoms with Gasteiger partial charge in [0.1, 0.15) is 17.1 Å². The molecule has 2 rings (SSSR count). The van der Waals surface area contributed by atoms with Crippen LogP contribution in [-0.4, -0.2) is 14.2 Å². The summed E-state index contributed by atoms with van der Waals surface area (Å²) in [7, 11) is 3.62. The maximum absolute atomic E-state index is 5.87. The lowest BCUT2D eigenvalue weighted by Crippen LogP contribution is -2.05. The molecule has 0 saturated heterocycles. The highest BCUT2D eigenvalue weighted by Gasteiger charge is 2.13. The first kappa shape index (κ1) is 12.0. The first-order valence-electron chi connectivity index (χ1n) is 6.03. The van der Waals surface area contributed by atoms with Crippen molar-refractivity contribution in [2.45, 2.75) is 26.3 Å². The summed E-state index contributed by atoms with van der Waals surface area (Å²) in [4.78, 5) is 0. The van der Waals surface area contributed by atoms with Crippen molar-refractivity contribution in [3.63, 3.8) is 0 Å². The van der Waals surface area contributed by atoms with E-state index in [4.69, 9.17) is 9.15 Å². The minimum absolute atomic E-state index is 0.770. The normalized spacial score (nSPS) is 11.0. The van der Waals surface area contributed by atoms with Gasteiger partial charge >= 0.3 is 0 Å². The molecule has 0 unspecified atom stereocenters. The van der Waals surface area contributed by atoms with Crippen molar-refractivity contribution in [3.8, 4) is 5.75 Å². The molecule has 1 heterocycles. The van der Waals surface area contributed by atoms with E-state index in [2.05, 4.69) is 18.3 Å². The molecule has 1 aromatic carbocycles. The highest BCUT2D eigenvalue weighted by atomic mass is 16.5. The second kappa shape index (κ2) is 5.23. The van der Waals surface area contributed by atoms with Gasteiger partial charge in [-0.1, -0.05) is 13.3 Å². The maximum Gasteiger partial charge on any atom is 0.134 e. The standard InChI is InChI=1S/C14H19NO2/c1-4-5-11-12-8-10(16-3)6-7-13(12)17-14(11)9-15-2/h6-8,15H,4-5,9H2,1-3H3. The van der Waals surface area contributed by atoms with Crippen LogP contribution >= 0.6 is 0 Å². The number of hydrogen-bond acceptors (Lipinski definition) is 3. The Morgan fingerprint density at radius 2 is 2.18 bits per heavy atom. The van der Waals surface area contributed by atoms with Crippen LogP contribution in [0.5, 0.6) is 5.75 Å². The number of benzene rings is 1. The molecule has 0 atom stereocenters. The molecular weight excluding hydrogens is 214 g/mol. The van der Waals surface area contributed by atoms with Crippen molar-refractivity contribution in [1.29, 1.82) is 0 Å². The highest BCUT2D eigenvalue weighted by Crippen LogP contribution is 2.30. The van der Waals surface area contributed by atoms with Crippen LogP contribution in [0.25, 0.3) is 11.0 Å². The van der Waals surface area contributed by atoms with Crippen LogP contribution in [0.15, 0.2) is 22.6 Å². The Morgan fingerprint density at radius 3 is 2.82 bits per heavy atom. The number of furan rings is 1. The smallest absolute Gasteiger partial charge is 0.134 e. The minimum Gasteiger partial charge on any atom is -0.497 e. The van der Waals surface area contributed by atoms with Crippen molar-refractivity contribution in [2.24, 2.45) is 0 Å². The average molecular weight is 233 g/mol. The third-order valence-corrected chi connectivity index (χ3v) is 2.92. The van der Waals surface area contributed by atoms with E-state index in [1.165, 1.54) is 10.9 Å². The summed E-state index contributed by atoms with van der Waals surface area (Å²) in [6.45, 7) is 2.95. The zero-order valence-electron chi connectivity index (χ0n) is 10.7. The fourth-order valence-corrected chi connectivity index (χ4v) is 2.13. The number of rotatable bonds is 5. The van der Waals surface area contributed by atoms with Gasteiger partial charge in [-0.25, -0.2) is 0 Å². The molecule has 0 spiro atoms. The highest BCUT2D eigenvalue weighted by molar-refractivity contribution is 5.83. The molecule has 0 aliphatic carbocycles. The van der Waals surface area contributed by atoms with Crippen LogP contribution in [0.1, 0.15) is 24.7 Å². The SMILES string of the molecule is CCCc1c(CNC)oc2ccc(OC)cc12. The number of methoxy groups -OCH3 is 1. The van der Waals surface area contributed by atoms with Gasteiger partial charge < -0.3 is 14.5 Å². The molecule has 0 bridgehead atoms. The average Bonchev–Trinajstić information content (AvgIpc) is 2.68. The lowest BCUT2D eigenvalue weighted by Gasteiger charge is -2.01. The Hall–Kier alpha value is -1.48. The second-order valence-electron chi connectivity index (χ2n) is 4.15. The lowest BCUT2D eigenvalue weighted by atomic mass is 10.1. The number of fused-ring (bicyclic) bond motifs is 1. The Morgan fingerprint density at radius 1 is 1.35 bits per heavy atom. The van der Waals surface area contributed by atoms with Crippen LogP contribution in [0.4, 0.5) is 0 Å². The van der Waals surface area contributed by atoms with E-state index in [0.29, 0.717) is 0 Å². The summed E-state index contributed by atoms with van der Waals surface area (Å²) in [5.41, 5.74) is 2.25. The molecule has 2 aromatic rings. The molecule has 92 valence electrons. The fourth-order valence-electron chi connectivity index (χ4n) is 2.13. The first-order chi connectivity index (χ1) is 8.30. The Kier molecular flexibility index (Phi) is 3.69. The summed E-state index contributed by atoms with van der Waals surface area (Å²) in [5, 5.41) is 4.32. The summed E-state index contributed by atoms with van der Waals surface area (Å²) in [6.07, 6.45) is 2.15. The predicted molar refractivity (Wildman–Crippen MR) is 69.5 cm³/mol. The zero-order valence-corrected chi connectivity index (χ0v) is 10.7. The Labute approximate surface area is 102 Å². The van der Waals surface area contributed by atoms with Crippen molar-refractivity contribution in [2.75, 3.05) is 14.2 Å². The summed E-state index contributed by atoms with van der Waals surface area (Å²) in [5.74, 6) is 1.92. The van der Waals surface area contributed by atoms with Gasteiger partial charge in [0, 0.05) is 10.9 Å². The largest absolute Gasteiger partial charge is 0.497 e. The third kappa shape index (κ3) is 2.29. The van der Waals surface area contributed by atoms with Gasteiger partial charge in [-0.15, -0.1) is 0 Å². The second-order valence-corrected chi connectivity index (χ2v) is 4.15. The van der Waals surface area contributed by atoms with E-state index >= 15 is 0 Å². The molecule has 0 fully saturated rings. The number of ether oxygens (including phenoxy) is 1. The molecular formula is C14H19NO2. The van der Waals surface area contributed by atoms with E-state index in [-0.39, 0.29) is 0 Å². The lowest BCUT2D eigenvalue weighted by molar-refractivity contribution is 0.415. The van der Waals surface area contributed by atoms with Gasteiger partial charge in [0.05, 0.1) is 13.7 Å². The molecule has 0 radical (unpaired) electrons. The molecule has 1 N–H and O–H groups in total. The summed E-state index contributed by atoms with van der Waals surface area (Å²) >= 11 is 0. The molecule has 1 aromatic heterocycles. The Bertz CT molecular complexity index is 502. The molecule has 0 aliphatic rings. The van der Waals surface area contributed by atoms with E-state index in [0.717, 1.165) is 36.5 Å². The van der Waals surface area contributed by atoms with Crippen LogP contribution < -0.4 is 10.1 Å². The quantitative estimate of drug-likeness (QED) is 0.861. The van der Waals surface area contributed by atoms with Crippen molar-refractivity contribution in [1.82, 2.24) is 5.32 Å². The molecule has 0 aliphatic heterocycles. The van der Waals surface area contributed by atoms with Crippen LogP contribution in [0.3, 0.4) is 0 Å². The van der Waals surface area contributed by atoms with Gasteiger partial charge in [-0.3, -0.25) is 0 Å². The maximum atomic E-state index is 5.87. The van der Waals surface area contributed by atoms with Crippen LogP contribution in [-0.2, 0) is 13.0 Å². The van der Waals surface area contributed by atoms with Gasteiger partial charge in [0.25, 0.3) is 0 Å².